The van der Waals surface area contributed by atoms with Gasteiger partial charge in [-0.1, -0.05) is 244 Å². The summed E-state index contributed by atoms with van der Waals surface area (Å²) in [5.74, 6) is 0.873. The first-order valence-electron chi connectivity index (χ1n) is 43.3. The fourth-order valence-corrected chi connectivity index (χ4v) is 11.0. The van der Waals surface area contributed by atoms with Gasteiger partial charge in [-0.2, -0.15) is 52.6 Å². The molecule has 784 valence electrons. The number of nitrogens with one attached hydrogen (secondary N) is 8. The van der Waals surface area contributed by atoms with E-state index in [9.17, 15) is 13.2 Å². The summed E-state index contributed by atoms with van der Waals surface area (Å²) in [5.41, 5.74) is 67.2. The van der Waals surface area contributed by atoms with E-state index in [1.165, 1.54) is 92.3 Å². The van der Waals surface area contributed by atoms with E-state index in [0.29, 0.717) is 105 Å². The van der Waals surface area contributed by atoms with Crippen molar-refractivity contribution in [2.45, 2.75) is 107 Å². The molecule has 24 N–H and O–H groups in total. The van der Waals surface area contributed by atoms with Gasteiger partial charge in [-0.05, 0) is 131 Å². The number of thioether (sulfide) groups is 1. The number of hydrogen-bond donors (Lipinski definition) is 16. The Labute approximate surface area is 888 Å². The van der Waals surface area contributed by atoms with Crippen molar-refractivity contribution in [1.82, 2.24) is 48.8 Å². The van der Waals surface area contributed by atoms with E-state index in [1.54, 1.807) is 97.7 Å². The molecule has 1 aromatic heterocycles. The molecule has 0 aliphatic rings. The fraction of sp³-hybridized carbons (Fsp3) is 0.292. The van der Waals surface area contributed by atoms with Crippen LogP contribution in [0.25, 0.3) is 0 Å². The molecule has 0 amide bonds. The number of unbranched alkanes of at least 4 members (excludes halogenated alkanes) is 3. The predicted molar refractivity (Wildman–Crippen MR) is 585 cm³/mol. The van der Waals surface area contributed by atoms with Crippen LogP contribution in [0.4, 0.5) is 13.2 Å². The monoisotopic (exact) mass is 2220 g/mol. The van der Waals surface area contributed by atoms with Gasteiger partial charge in [-0.15, -0.1) is 40.8 Å². The van der Waals surface area contributed by atoms with E-state index in [1.807, 2.05) is 64.1 Å². The molecule has 41 nitrogen and oxygen atoms in total. The Hall–Kier alpha value is -12.1. The van der Waals surface area contributed by atoms with Gasteiger partial charge in [-0.25, -0.2) is 57.0 Å². The van der Waals surface area contributed by atoms with Crippen LogP contribution < -0.4 is 89.7 Å². The minimum atomic E-state index is -0.479. The molecule has 7 aromatic carbocycles. The van der Waals surface area contributed by atoms with Crippen LogP contribution in [0, 0.1) is 17.5 Å². The predicted octanol–water partition coefficient (Wildman–Crippen LogP) is 17.2. The molecule has 8 aromatic rings. The van der Waals surface area contributed by atoms with Crippen LogP contribution in [-0.4, -0.2) is 167 Å². The van der Waals surface area contributed by atoms with Crippen LogP contribution in [0.5, 0.6) is 0 Å². The topological polar surface area (TPSA) is 589 Å². The molecule has 0 atom stereocenters. The average Bonchev–Trinajstić information content (AvgIpc) is 0.887. The van der Waals surface area contributed by atoms with Gasteiger partial charge >= 0.3 is 0 Å². The van der Waals surface area contributed by atoms with E-state index in [0.717, 1.165) is 74.0 Å². The molecule has 0 saturated carbocycles. The zero-order valence-corrected chi connectivity index (χ0v) is 88.0. The van der Waals surface area contributed by atoms with Crippen molar-refractivity contribution in [2.24, 2.45) is 127 Å². The Kier molecular flexibility index (Phi) is 77.0. The van der Waals surface area contributed by atoms with Gasteiger partial charge in [0.2, 0.25) is 47.7 Å². The molecule has 0 unspecified atom stereocenters. The van der Waals surface area contributed by atoms with Gasteiger partial charge in [0.05, 0.1) is 143 Å². The molecule has 0 fully saturated rings. The number of nitrogens with zero attached hydrogens (tertiary/aromatic N) is 17. The van der Waals surface area contributed by atoms with Crippen LogP contribution in [0.3, 0.4) is 0 Å². The number of aromatic nitrogens is 1. The van der Waals surface area contributed by atoms with E-state index < -0.39 is 17.5 Å². The fourth-order valence-electron chi connectivity index (χ4n) is 8.33. The van der Waals surface area contributed by atoms with Crippen LogP contribution >= 0.6 is 128 Å². The normalized spacial score (nSPS) is 12.0. The summed E-state index contributed by atoms with van der Waals surface area (Å²) in [5, 5.41) is 63.5. The lowest BCUT2D eigenvalue weighted by Crippen LogP contribution is -2.32. The van der Waals surface area contributed by atoms with Crippen LogP contribution in [0.15, 0.2) is 240 Å². The maximum atomic E-state index is 13.4. The molecule has 0 radical (unpaired) electrons. The summed E-state index contributed by atoms with van der Waals surface area (Å²) in [6.45, 7) is 20.0. The standard InChI is InChI=1S/C12H16Cl2N4O.C12H16ClFN4O.C12H17ClN4OS.C12H17ClN4O.C11H14Cl2N4O.C11H14ClFN4O.C10H12ClFN4O.C9H12ClN5O/c2*1-2-3-7-19-18-12(15)17-16-8-9-10(13)5-4-6-11(9)14;1-2-19-8-7-18-17-12(14)16-15-9-10-5-3-4-6-11(10)13;1-2-3-8-18-17-12(14)16-15-9-10-6-4-5-7-11(10)13;2*1-2-6-18-17-11(14)16-15-7-8-9(12)4-3-5-10(8)13;1-2-17-16-10(13)15-14-6-7-8(11)4-3-5-9(7)12;1-2-16-15-9(11)14-13-5-7-3-4-12-6-8(7)10/h2*4-6,8H,2-3,7H2,1H3,(H3,15,17,18);3-6,9H,2,7-8H2,1H3,(H3,14,16,17);4-7,9H,2-3,8H2,1H3,(H3,14,16,17);2*3-5,7H,2,6H2,1H3,(H3,14,16,17);3-6H,2H2,1H3,(H3,13,15,16);3-6H,2H2,1H3,(H3,11,14,15)/b2*16-8+;2*15-9+;2*15-7+;14-6+;13-5+. The lowest BCUT2D eigenvalue weighted by molar-refractivity contribution is 0.0816. The second kappa shape index (κ2) is 85.3. The number of hydroxylamine groups is 8. The lowest BCUT2D eigenvalue weighted by Gasteiger charge is -2.03. The number of halogens is 13. The molecule has 0 aliphatic heterocycles. The quantitative estimate of drug-likeness (QED) is 0.00730. The summed E-state index contributed by atoms with van der Waals surface area (Å²) >= 11 is 60.8. The number of rotatable bonds is 43. The molecule has 0 saturated heterocycles. The second-order valence-electron chi connectivity index (χ2n) is 26.5. The number of benzene rings is 7. The van der Waals surface area contributed by atoms with E-state index in [2.05, 4.69) is 151 Å². The third kappa shape index (κ3) is 65.3. The minimum Gasteiger partial charge on any atom is -0.367 e. The van der Waals surface area contributed by atoms with Crippen molar-refractivity contribution in [3.8, 4) is 0 Å². The number of pyridine rings is 1. The highest BCUT2D eigenvalue weighted by Crippen LogP contribution is 2.25. The zero-order chi connectivity index (χ0) is 107. The molecule has 144 heavy (non-hydrogen) atoms. The summed E-state index contributed by atoms with van der Waals surface area (Å²) in [4.78, 5) is 43.5. The smallest absolute Gasteiger partial charge is 0.237 e. The molecule has 55 heteroatoms. The van der Waals surface area contributed by atoms with Crippen molar-refractivity contribution in [2.75, 3.05) is 64.4 Å². The molecule has 1 heterocycles. The Morgan fingerprint density at radius 3 is 0.771 bits per heavy atom. The van der Waals surface area contributed by atoms with Gasteiger partial charge in [0.25, 0.3) is 0 Å². The second-order valence-corrected chi connectivity index (χ2v) is 32.0. The third-order valence-electron chi connectivity index (χ3n) is 15.1. The van der Waals surface area contributed by atoms with Crippen molar-refractivity contribution >= 4 is 225 Å². The molecular formula is C89H118Cl10F3N33O8S. The van der Waals surface area contributed by atoms with E-state index >= 15 is 0 Å². The third-order valence-corrected chi connectivity index (χ3v) is 19.3. The number of hydrogen-bond acceptors (Lipinski definition) is 26. The Bertz CT molecular complexity index is 5220. The minimum absolute atomic E-state index is 0.0141. The number of guanidine groups is 8. The van der Waals surface area contributed by atoms with Gasteiger partial charge in [-0.3, -0.25) is 43.7 Å². The van der Waals surface area contributed by atoms with Gasteiger partial charge in [0.1, 0.15) is 17.5 Å². The summed E-state index contributed by atoms with van der Waals surface area (Å²) in [6, 6.07) is 39.8. The highest BCUT2D eigenvalue weighted by atomic mass is 35.5. The van der Waals surface area contributed by atoms with Crippen molar-refractivity contribution < 1.29 is 51.9 Å². The van der Waals surface area contributed by atoms with Crippen molar-refractivity contribution in [1.29, 1.82) is 0 Å². The highest BCUT2D eigenvalue weighted by Gasteiger charge is 2.10. The summed E-state index contributed by atoms with van der Waals surface area (Å²) in [7, 11) is 0. The maximum absolute atomic E-state index is 13.4. The first-order chi connectivity index (χ1) is 69.4. The number of nitrogens with two attached hydrogens (primary N) is 8. The zero-order valence-electron chi connectivity index (χ0n) is 79.7. The first kappa shape index (κ1) is 130. The van der Waals surface area contributed by atoms with Gasteiger partial charge in [0.15, 0.2) is 0 Å². The summed E-state index contributed by atoms with van der Waals surface area (Å²) < 4.78 is 40.0. The average molecular weight is 2220 g/mol. The van der Waals surface area contributed by atoms with Crippen LogP contribution in [-0.2, 0) is 38.7 Å². The van der Waals surface area contributed by atoms with Crippen molar-refractivity contribution in [3.05, 3.63) is 270 Å². The van der Waals surface area contributed by atoms with Crippen LogP contribution in [0.1, 0.15) is 151 Å². The molecular weight excluding hydrogens is 2100 g/mol. The highest BCUT2D eigenvalue weighted by molar-refractivity contribution is 7.99. The molecule has 8 rings (SSSR count). The Morgan fingerprint density at radius 2 is 0.514 bits per heavy atom. The SMILES string of the molecule is CCCCONC(N)=N/N=C/c1c(Cl)cccc1Cl.CCCCONC(N)=N/N=C/c1c(F)cccc1Cl.CCCCONC(N)=N/N=C/c1ccccc1Cl.CCCONC(N)=N/N=C/c1c(Cl)cccc1Cl.CCCONC(N)=N/N=C/c1c(F)cccc1Cl.CCONC(N)=N/N=C/c1c(F)cccc1Cl.CCONC(N)=N/N=C/c1ccncc1Cl.CCSCCONC(N)=N/N=C/c1ccccc1Cl. The Balaban J connectivity index is 0.000000823. The molecule has 0 bridgehead atoms. The van der Waals surface area contributed by atoms with E-state index in [-0.39, 0.29) is 79.4 Å². The van der Waals surface area contributed by atoms with E-state index in [4.69, 9.17) is 201 Å². The van der Waals surface area contributed by atoms with Gasteiger partial charge in [0, 0.05) is 72.7 Å². The lowest BCUT2D eigenvalue weighted by atomic mass is 10.2. The first-order valence-corrected chi connectivity index (χ1v) is 48.2. The molecule has 0 spiro atoms. The van der Waals surface area contributed by atoms with Crippen molar-refractivity contribution in [3.63, 3.8) is 0 Å². The Morgan fingerprint density at radius 1 is 0.278 bits per heavy atom. The summed E-state index contributed by atoms with van der Waals surface area (Å²) in [6.07, 6.45) is 21.7. The van der Waals surface area contributed by atoms with Crippen LogP contribution in [0.2, 0.25) is 50.2 Å². The maximum Gasteiger partial charge on any atom is 0.237 e. The largest absolute Gasteiger partial charge is 0.367 e. The molecule has 0 aliphatic carbocycles. The van der Waals surface area contributed by atoms with Gasteiger partial charge < -0.3 is 45.9 Å².